The summed E-state index contributed by atoms with van der Waals surface area (Å²) in [6.45, 7) is 3.42. The molecule has 140 valence electrons. The molecule has 0 N–H and O–H groups in total. The Morgan fingerprint density at radius 1 is 1.16 bits per heavy atom. The average Bonchev–Trinajstić information content (AvgIpc) is 2.56. The number of hydrogen-bond donors (Lipinski definition) is 0. The van der Waals surface area contributed by atoms with Gasteiger partial charge in [-0.15, -0.1) is 0 Å². The van der Waals surface area contributed by atoms with Gasteiger partial charge in [-0.1, -0.05) is 63.6 Å². The molecular formula is C19H29NO4S. The van der Waals surface area contributed by atoms with Crippen molar-refractivity contribution in [3.63, 3.8) is 0 Å². The first-order valence-corrected chi connectivity index (χ1v) is 10.6. The van der Waals surface area contributed by atoms with Gasteiger partial charge in [0.05, 0.1) is 0 Å². The number of unbranched alkanes of at least 4 members (excludes halogenated alkanes) is 5. The molecule has 5 nitrogen and oxygen atoms in total. The van der Waals surface area contributed by atoms with Gasteiger partial charge in [-0.25, -0.2) is 13.0 Å². The van der Waals surface area contributed by atoms with Crippen LogP contribution < -0.4 is 0 Å². The first-order valence-electron chi connectivity index (χ1n) is 9.29. The predicted octanol–water partition coefficient (Wildman–Crippen LogP) is 3.27. The van der Waals surface area contributed by atoms with Gasteiger partial charge in [0.2, 0.25) is 10.4 Å². The van der Waals surface area contributed by atoms with Crippen molar-refractivity contribution >= 4 is 16.6 Å². The van der Waals surface area contributed by atoms with Crippen LogP contribution in [0.5, 0.6) is 0 Å². The molecule has 1 aromatic rings. The molecule has 0 spiro atoms. The Balaban J connectivity index is 1.91. The van der Waals surface area contributed by atoms with Crippen molar-refractivity contribution in [2.24, 2.45) is 0 Å². The molecule has 0 radical (unpaired) electrons. The first kappa shape index (κ1) is 20.1. The largest absolute Gasteiger partial charge is 0.726 e. The third-order valence-corrected chi connectivity index (χ3v) is 5.12. The van der Waals surface area contributed by atoms with Crippen LogP contribution in [0, 0.1) is 0 Å². The predicted molar refractivity (Wildman–Crippen MR) is 97.9 cm³/mol. The number of fused-ring (bicyclic) bond motifs is 1. The Morgan fingerprint density at radius 3 is 2.64 bits per heavy atom. The zero-order valence-electron chi connectivity index (χ0n) is 15.0. The van der Waals surface area contributed by atoms with E-state index in [4.69, 9.17) is 4.18 Å². The molecule has 1 unspecified atom stereocenters. The maximum absolute atomic E-state index is 11.0. The van der Waals surface area contributed by atoms with E-state index in [0.717, 1.165) is 37.8 Å². The van der Waals surface area contributed by atoms with E-state index < -0.39 is 16.5 Å². The fraction of sp³-hybridized carbons (Fsp3) is 0.632. The molecule has 1 aliphatic heterocycles. The van der Waals surface area contributed by atoms with Gasteiger partial charge in [0, 0.05) is 12.0 Å². The SMILES string of the molecule is CCCCCCCCC(C[N+]1=Cc2ccccc2CC1)OS(=O)(=O)[O-]. The van der Waals surface area contributed by atoms with Gasteiger partial charge in [0.25, 0.3) is 0 Å². The van der Waals surface area contributed by atoms with Gasteiger partial charge < -0.3 is 4.55 Å². The second-order valence-electron chi connectivity index (χ2n) is 6.76. The molecule has 6 heteroatoms. The number of rotatable bonds is 11. The second-order valence-corrected chi connectivity index (χ2v) is 7.76. The van der Waals surface area contributed by atoms with Crippen LogP contribution in [-0.4, -0.2) is 43.0 Å². The van der Waals surface area contributed by atoms with E-state index in [1.807, 2.05) is 18.3 Å². The molecule has 0 aromatic heterocycles. The molecular weight excluding hydrogens is 338 g/mol. The summed E-state index contributed by atoms with van der Waals surface area (Å²) in [6.07, 6.45) is 9.69. The van der Waals surface area contributed by atoms with E-state index >= 15 is 0 Å². The molecule has 0 aliphatic carbocycles. The zero-order chi connectivity index (χ0) is 18.1. The monoisotopic (exact) mass is 367 g/mol. The lowest BCUT2D eigenvalue weighted by atomic mass is 10.0. The lowest BCUT2D eigenvalue weighted by Crippen LogP contribution is -2.33. The van der Waals surface area contributed by atoms with E-state index in [9.17, 15) is 13.0 Å². The van der Waals surface area contributed by atoms with Gasteiger partial charge in [-0.05, 0) is 18.1 Å². The van der Waals surface area contributed by atoms with Gasteiger partial charge in [0.15, 0.2) is 12.8 Å². The van der Waals surface area contributed by atoms with Gasteiger partial charge in [-0.3, -0.25) is 4.18 Å². The summed E-state index contributed by atoms with van der Waals surface area (Å²) in [5, 5.41) is 0. The van der Waals surface area contributed by atoms with E-state index in [1.54, 1.807) is 0 Å². The Bertz CT molecular complexity index is 670. The highest BCUT2D eigenvalue weighted by Gasteiger charge is 2.22. The van der Waals surface area contributed by atoms with Crippen molar-refractivity contribution in [1.82, 2.24) is 0 Å². The first-order chi connectivity index (χ1) is 12.0. The van der Waals surface area contributed by atoms with Crippen LogP contribution in [0.25, 0.3) is 0 Å². The molecule has 0 bridgehead atoms. The minimum Gasteiger partial charge on any atom is -0.726 e. The maximum atomic E-state index is 11.0. The van der Waals surface area contributed by atoms with Crippen molar-refractivity contribution in [1.29, 1.82) is 0 Å². The van der Waals surface area contributed by atoms with Crippen molar-refractivity contribution in [3.05, 3.63) is 35.4 Å². The molecule has 0 fully saturated rings. The summed E-state index contributed by atoms with van der Waals surface area (Å²) in [7, 11) is -4.68. The van der Waals surface area contributed by atoms with Crippen LogP contribution in [0.3, 0.4) is 0 Å². The molecule has 1 heterocycles. The molecule has 0 amide bonds. The van der Waals surface area contributed by atoms with Crippen molar-refractivity contribution in [3.8, 4) is 0 Å². The van der Waals surface area contributed by atoms with Gasteiger partial charge >= 0.3 is 0 Å². The van der Waals surface area contributed by atoms with Crippen LogP contribution >= 0.6 is 0 Å². The topological polar surface area (TPSA) is 69.4 Å². The Hall–Kier alpha value is -1.24. The van der Waals surface area contributed by atoms with Crippen molar-refractivity contribution in [2.45, 2.75) is 64.4 Å². The van der Waals surface area contributed by atoms with Gasteiger partial charge in [-0.2, -0.15) is 0 Å². The van der Waals surface area contributed by atoms with Crippen molar-refractivity contribution in [2.75, 3.05) is 13.1 Å². The van der Waals surface area contributed by atoms with Crippen LogP contribution in [0.15, 0.2) is 24.3 Å². The summed E-state index contributed by atoms with van der Waals surface area (Å²) >= 11 is 0. The van der Waals surface area contributed by atoms with E-state index in [2.05, 4.69) is 23.6 Å². The lowest BCUT2D eigenvalue weighted by Gasteiger charge is -2.20. The molecule has 1 atom stereocenters. The summed E-state index contributed by atoms with van der Waals surface area (Å²) < 4.78 is 40.0. The van der Waals surface area contributed by atoms with E-state index in [-0.39, 0.29) is 0 Å². The van der Waals surface area contributed by atoms with Crippen LogP contribution in [-0.2, 0) is 21.0 Å². The standard InChI is InChI=1S/C19H29NO4S/c1-2-3-4-5-6-7-12-19(24-25(21,22)23)16-20-14-13-17-10-8-9-11-18(17)15-20/h8-11,15,19H,2-7,12-14,16H2,1H3. The lowest BCUT2D eigenvalue weighted by molar-refractivity contribution is -0.531. The highest BCUT2D eigenvalue weighted by atomic mass is 32.3. The average molecular weight is 368 g/mol. The Kier molecular flexibility index (Phi) is 8.06. The normalized spacial score (nSPS) is 15.5. The third-order valence-electron chi connectivity index (χ3n) is 4.62. The second kappa shape index (κ2) is 10.0. The number of benzene rings is 1. The molecule has 25 heavy (non-hydrogen) atoms. The Morgan fingerprint density at radius 2 is 1.88 bits per heavy atom. The quantitative estimate of drug-likeness (QED) is 0.260. The third kappa shape index (κ3) is 7.67. The smallest absolute Gasteiger partial charge is 0.218 e. The van der Waals surface area contributed by atoms with Gasteiger partial charge in [0.1, 0.15) is 12.6 Å². The molecule has 1 aliphatic rings. The summed E-state index contributed by atoms with van der Waals surface area (Å²) in [6, 6.07) is 8.17. The summed E-state index contributed by atoms with van der Waals surface area (Å²) in [5.74, 6) is 0. The van der Waals surface area contributed by atoms with E-state index in [0.29, 0.717) is 13.0 Å². The minimum atomic E-state index is -4.68. The van der Waals surface area contributed by atoms with Crippen molar-refractivity contribution < 1.29 is 21.7 Å². The highest BCUT2D eigenvalue weighted by molar-refractivity contribution is 7.80. The minimum absolute atomic E-state index is 0.435. The fourth-order valence-electron chi connectivity index (χ4n) is 3.31. The fourth-order valence-corrected chi connectivity index (χ4v) is 3.80. The molecule has 1 aromatic carbocycles. The number of nitrogens with zero attached hydrogens (tertiary/aromatic N) is 1. The van der Waals surface area contributed by atoms with Crippen LogP contribution in [0.2, 0.25) is 0 Å². The van der Waals surface area contributed by atoms with E-state index in [1.165, 1.54) is 24.8 Å². The molecule has 2 rings (SSSR count). The molecule has 0 saturated heterocycles. The maximum Gasteiger partial charge on any atom is 0.218 e. The zero-order valence-corrected chi connectivity index (χ0v) is 15.8. The van der Waals surface area contributed by atoms with Crippen LogP contribution in [0.4, 0.5) is 0 Å². The number of hydrogen-bond acceptors (Lipinski definition) is 4. The Labute approximate surface area is 151 Å². The molecule has 0 saturated carbocycles. The van der Waals surface area contributed by atoms with Crippen LogP contribution in [0.1, 0.15) is 63.0 Å². The summed E-state index contributed by atoms with van der Waals surface area (Å²) in [5.41, 5.74) is 2.45. The summed E-state index contributed by atoms with van der Waals surface area (Å²) in [4.78, 5) is 0. The highest BCUT2D eigenvalue weighted by Crippen LogP contribution is 2.15.